The third kappa shape index (κ3) is 3.51. The Morgan fingerprint density at radius 1 is 1.30 bits per heavy atom. The fraction of sp³-hybridized carbons (Fsp3) is 0.333. The molecule has 0 amide bonds. The second-order valence-electron chi connectivity index (χ2n) is 5.56. The fourth-order valence-corrected chi connectivity index (χ4v) is 1.66. The molecule has 0 aliphatic heterocycles. The largest absolute Gasteiger partial charge is 0.366 e. The van der Waals surface area contributed by atoms with E-state index in [1.807, 2.05) is 12.1 Å². The second kappa shape index (κ2) is 5.66. The smallest absolute Gasteiger partial charge is 0.135 e. The average molecular weight is 267 g/mol. The first-order valence-corrected chi connectivity index (χ1v) is 6.40. The normalized spacial score (nSPS) is 10.9. The Morgan fingerprint density at radius 3 is 2.80 bits per heavy atom. The van der Waals surface area contributed by atoms with Crippen LogP contribution in [0.25, 0.3) is 0 Å². The Morgan fingerprint density at radius 2 is 2.10 bits per heavy atom. The molecule has 0 atom stereocenters. The first-order valence-electron chi connectivity index (χ1n) is 6.40. The molecule has 2 aromatic rings. The maximum Gasteiger partial charge on any atom is 0.135 e. The molecule has 2 heterocycles. The molecule has 5 heteroatoms. The van der Waals surface area contributed by atoms with E-state index in [1.165, 1.54) is 0 Å². The van der Waals surface area contributed by atoms with Crippen molar-refractivity contribution >= 4 is 5.82 Å². The summed E-state index contributed by atoms with van der Waals surface area (Å²) >= 11 is 0. The first kappa shape index (κ1) is 13.9. The number of hydrogen-bond donors (Lipinski definition) is 1. The van der Waals surface area contributed by atoms with Gasteiger partial charge in [0.1, 0.15) is 17.7 Å². The average Bonchev–Trinajstić information content (AvgIpc) is 2.45. The van der Waals surface area contributed by atoms with Crippen LogP contribution >= 0.6 is 0 Å². The van der Waals surface area contributed by atoms with Gasteiger partial charge in [-0.1, -0.05) is 20.8 Å². The quantitative estimate of drug-likeness (QED) is 0.925. The van der Waals surface area contributed by atoms with Crippen LogP contribution in [-0.4, -0.2) is 15.0 Å². The van der Waals surface area contributed by atoms with E-state index >= 15 is 0 Å². The highest BCUT2D eigenvalue weighted by Gasteiger charge is 2.17. The van der Waals surface area contributed by atoms with Crippen molar-refractivity contribution < 1.29 is 0 Å². The number of aromatic nitrogens is 3. The van der Waals surface area contributed by atoms with Crippen LogP contribution in [0.1, 0.15) is 37.7 Å². The van der Waals surface area contributed by atoms with E-state index in [-0.39, 0.29) is 5.41 Å². The molecule has 0 saturated heterocycles. The topological polar surface area (TPSA) is 74.5 Å². The molecule has 0 spiro atoms. The van der Waals surface area contributed by atoms with Crippen molar-refractivity contribution in [2.45, 2.75) is 32.7 Å². The summed E-state index contributed by atoms with van der Waals surface area (Å²) in [7, 11) is 0. The summed E-state index contributed by atoms with van der Waals surface area (Å²) in [6, 6.07) is 5.72. The van der Waals surface area contributed by atoms with Crippen molar-refractivity contribution in [1.82, 2.24) is 15.0 Å². The van der Waals surface area contributed by atoms with Gasteiger partial charge in [-0.25, -0.2) is 9.97 Å². The minimum Gasteiger partial charge on any atom is -0.366 e. The number of nitrogens with zero attached hydrogens (tertiary/aromatic N) is 4. The molecule has 2 rings (SSSR count). The summed E-state index contributed by atoms with van der Waals surface area (Å²) in [6.07, 6.45) is 5.03. The molecule has 0 aliphatic carbocycles. The molecule has 102 valence electrons. The summed E-state index contributed by atoms with van der Waals surface area (Å²) in [5.74, 6) is 1.57. The van der Waals surface area contributed by atoms with Crippen molar-refractivity contribution in [2.24, 2.45) is 0 Å². The Balaban J connectivity index is 2.09. The molecular formula is C15H17N5. The van der Waals surface area contributed by atoms with E-state index in [1.54, 1.807) is 18.6 Å². The molecule has 0 aromatic carbocycles. The molecule has 5 nitrogen and oxygen atoms in total. The zero-order chi connectivity index (χ0) is 14.6. The Hall–Kier alpha value is -2.48. The van der Waals surface area contributed by atoms with Gasteiger partial charge in [0, 0.05) is 30.6 Å². The summed E-state index contributed by atoms with van der Waals surface area (Å²) in [5, 5.41) is 12.1. The molecule has 0 unspecified atom stereocenters. The van der Waals surface area contributed by atoms with Crippen molar-refractivity contribution in [3.05, 3.63) is 47.7 Å². The predicted molar refractivity (Wildman–Crippen MR) is 77.0 cm³/mol. The SMILES string of the molecule is CC(C)(C)c1nccc(NCc2cncc(C#N)c2)n1. The highest BCUT2D eigenvalue weighted by molar-refractivity contribution is 5.36. The van der Waals surface area contributed by atoms with Gasteiger partial charge in [0.2, 0.25) is 0 Å². The van der Waals surface area contributed by atoms with Gasteiger partial charge in [0.15, 0.2) is 0 Å². The second-order valence-corrected chi connectivity index (χ2v) is 5.56. The molecule has 0 aliphatic rings. The van der Waals surface area contributed by atoms with Crippen molar-refractivity contribution in [3.63, 3.8) is 0 Å². The monoisotopic (exact) mass is 267 g/mol. The van der Waals surface area contributed by atoms with E-state index in [4.69, 9.17) is 5.26 Å². The Labute approximate surface area is 118 Å². The molecule has 1 N–H and O–H groups in total. The molecule has 0 radical (unpaired) electrons. The van der Waals surface area contributed by atoms with Gasteiger partial charge in [-0.15, -0.1) is 0 Å². The van der Waals surface area contributed by atoms with Crippen LogP contribution in [0, 0.1) is 11.3 Å². The Kier molecular flexibility index (Phi) is 3.94. The van der Waals surface area contributed by atoms with Gasteiger partial charge >= 0.3 is 0 Å². The number of nitriles is 1. The number of nitrogens with one attached hydrogen (secondary N) is 1. The molecule has 0 saturated carbocycles. The van der Waals surface area contributed by atoms with E-state index < -0.39 is 0 Å². The highest BCUT2D eigenvalue weighted by atomic mass is 15.0. The van der Waals surface area contributed by atoms with Crippen LogP contribution in [0.5, 0.6) is 0 Å². The van der Waals surface area contributed by atoms with Gasteiger partial charge in [0.05, 0.1) is 5.56 Å². The summed E-state index contributed by atoms with van der Waals surface area (Å²) in [4.78, 5) is 12.8. The van der Waals surface area contributed by atoms with E-state index in [0.717, 1.165) is 17.2 Å². The lowest BCUT2D eigenvalue weighted by molar-refractivity contribution is 0.546. The van der Waals surface area contributed by atoms with Crippen LogP contribution in [0.4, 0.5) is 5.82 Å². The van der Waals surface area contributed by atoms with Crippen LogP contribution in [0.2, 0.25) is 0 Å². The summed E-state index contributed by atoms with van der Waals surface area (Å²) in [6.45, 7) is 6.80. The van der Waals surface area contributed by atoms with Crippen LogP contribution in [0.3, 0.4) is 0 Å². The number of hydrogen-bond acceptors (Lipinski definition) is 5. The zero-order valence-electron chi connectivity index (χ0n) is 11.9. The van der Waals surface area contributed by atoms with E-state index in [2.05, 4.69) is 47.1 Å². The van der Waals surface area contributed by atoms with Gasteiger partial charge in [-0.05, 0) is 17.7 Å². The highest BCUT2D eigenvalue weighted by Crippen LogP contribution is 2.19. The predicted octanol–water partition coefficient (Wildman–Crippen LogP) is 2.65. The molecule has 0 fully saturated rings. The zero-order valence-corrected chi connectivity index (χ0v) is 11.9. The molecular weight excluding hydrogens is 250 g/mol. The lowest BCUT2D eigenvalue weighted by Gasteiger charge is -2.17. The van der Waals surface area contributed by atoms with Gasteiger partial charge < -0.3 is 5.32 Å². The maximum atomic E-state index is 8.84. The van der Waals surface area contributed by atoms with Gasteiger partial charge in [-0.3, -0.25) is 4.98 Å². The number of anilines is 1. The minimum atomic E-state index is -0.0834. The molecule has 20 heavy (non-hydrogen) atoms. The van der Waals surface area contributed by atoms with E-state index in [0.29, 0.717) is 12.1 Å². The third-order valence-corrected chi connectivity index (χ3v) is 2.72. The standard InChI is InChI=1S/C15H17N5/c1-15(2,3)14-18-5-4-13(20-14)19-10-12-6-11(7-16)8-17-9-12/h4-6,8-9H,10H2,1-3H3,(H,18,19,20). The maximum absolute atomic E-state index is 8.84. The summed E-state index contributed by atoms with van der Waals surface area (Å²) in [5.41, 5.74) is 1.42. The lowest BCUT2D eigenvalue weighted by atomic mass is 9.96. The number of pyridine rings is 1. The first-order chi connectivity index (χ1) is 9.49. The lowest BCUT2D eigenvalue weighted by Crippen LogP contribution is -2.16. The van der Waals surface area contributed by atoms with Crippen molar-refractivity contribution in [1.29, 1.82) is 5.26 Å². The molecule has 2 aromatic heterocycles. The van der Waals surface area contributed by atoms with Crippen LogP contribution < -0.4 is 5.32 Å². The number of rotatable bonds is 3. The van der Waals surface area contributed by atoms with Crippen molar-refractivity contribution in [3.8, 4) is 6.07 Å². The van der Waals surface area contributed by atoms with Crippen molar-refractivity contribution in [2.75, 3.05) is 5.32 Å². The van der Waals surface area contributed by atoms with E-state index in [9.17, 15) is 0 Å². The molecule has 0 bridgehead atoms. The van der Waals surface area contributed by atoms with Crippen LogP contribution in [0.15, 0.2) is 30.7 Å². The van der Waals surface area contributed by atoms with Crippen LogP contribution in [-0.2, 0) is 12.0 Å². The van der Waals surface area contributed by atoms with Gasteiger partial charge in [-0.2, -0.15) is 5.26 Å². The Bertz CT molecular complexity index is 637. The summed E-state index contributed by atoms with van der Waals surface area (Å²) < 4.78 is 0. The minimum absolute atomic E-state index is 0.0834. The fourth-order valence-electron chi connectivity index (χ4n) is 1.66. The third-order valence-electron chi connectivity index (χ3n) is 2.72. The van der Waals surface area contributed by atoms with Gasteiger partial charge in [0.25, 0.3) is 0 Å².